The highest BCUT2D eigenvalue weighted by atomic mass is 32.2. The number of halogens is 10. The minimum absolute atomic E-state index is 0.701. The lowest BCUT2D eigenvalue weighted by atomic mass is 10.1. The Balaban J connectivity index is 5.76. The molecule has 0 radical (unpaired) electrons. The van der Waals surface area contributed by atoms with Gasteiger partial charge in [-0.05, 0) is 12.8 Å². The second kappa shape index (κ2) is 11.1. The topological polar surface area (TPSA) is 116 Å². The molecule has 0 spiro atoms. The Bertz CT molecular complexity index is 910. The van der Waals surface area contributed by atoms with Crippen LogP contribution in [0.2, 0.25) is 0 Å². The van der Waals surface area contributed by atoms with E-state index >= 15 is 0 Å². The molecule has 0 rings (SSSR count). The van der Waals surface area contributed by atoms with Crippen LogP contribution in [0, 0.1) is 0 Å². The molecule has 0 aromatic heterocycles. The molecule has 0 aromatic carbocycles. The zero-order chi connectivity index (χ0) is 28.1. The quantitative estimate of drug-likeness (QED) is 0.0688. The summed E-state index contributed by atoms with van der Waals surface area (Å²) in [6.07, 6.45) is -15.4. The summed E-state index contributed by atoms with van der Waals surface area (Å²) in [7, 11) is -6.59. The Kier molecular flexibility index (Phi) is 10.3. The Labute approximate surface area is 190 Å². The van der Waals surface area contributed by atoms with Crippen LogP contribution < -0.4 is 0 Å². The molecule has 0 aromatic rings. The van der Waals surface area contributed by atoms with Crippen molar-refractivity contribution in [3.63, 3.8) is 0 Å². The van der Waals surface area contributed by atoms with Crippen LogP contribution in [0.4, 0.5) is 43.9 Å². The highest BCUT2D eigenvalue weighted by molar-refractivity contribution is 7.87. The van der Waals surface area contributed by atoms with Crippen molar-refractivity contribution < 1.29 is 80.7 Å². The minimum Gasteiger partial charge on any atom is -0.456 e. The van der Waals surface area contributed by atoms with Crippen molar-refractivity contribution in [2.24, 2.45) is 0 Å². The third kappa shape index (κ3) is 7.79. The number of alkyl halides is 10. The van der Waals surface area contributed by atoms with Crippen molar-refractivity contribution in [3.05, 3.63) is 24.8 Å². The number of rotatable bonds is 13. The van der Waals surface area contributed by atoms with Crippen molar-refractivity contribution in [2.75, 3.05) is 13.2 Å². The number of unbranched alkanes of at least 4 members (excludes halogenated alkanes) is 1. The molecule has 0 aliphatic rings. The third-order valence-electron chi connectivity index (χ3n) is 3.74. The molecule has 1 unspecified atom stereocenters. The Morgan fingerprint density at radius 1 is 0.943 bits per heavy atom. The Morgan fingerprint density at radius 3 is 1.86 bits per heavy atom. The first-order chi connectivity index (χ1) is 15.5. The maximum Gasteiger partial charge on any atom is 0.468 e. The summed E-state index contributed by atoms with van der Waals surface area (Å²) >= 11 is 0. The van der Waals surface area contributed by atoms with Gasteiger partial charge in [0.1, 0.15) is 12.2 Å². The maximum atomic E-state index is 13.6. The lowest BCUT2D eigenvalue weighted by molar-refractivity contribution is -0.355. The van der Waals surface area contributed by atoms with Gasteiger partial charge in [-0.25, -0.2) is 9.59 Å². The predicted molar refractivity (Wildman–Crippen MR) is 92.5 cm³/mol. The van der Waals surface area contributed by atoms with Crippen LogP contribution in [0.1, 0.15) is 19.3 Å². The van der Waals surface area contributed by atoms with E-state index < -0.39 is 89.4 Å². The van der Waals surface area contributed by atoms with E-state index in [1.165, 1.54) is 0 Å². The van der Waals surface area contributed by atoms with Crippen molar-refractivity contribution in [1.29, 1.82) is 0 Å². The smallest absolute Gasteiger partial charge is 0.456 e. The third-order valence-corrected chi connectivity index (χ3v) is 4.69. The number of esters is 2. The second-order valence-corrected chi connectivity index (χ2v) is 7.83. The Morgan fingerprint density at radius 2 is 1.46 bits per heavy atom. The highest BCUT2D eigenvalue weighted by Crippen LogP contribution is 2.42. The fraction of sp³-hybridized carbons (Fsp3) is 0.625. The summed E-state index contributed by atoms with van der Waals surface area (Å²) in [4.78, 5) is 23.5. The Hall–Kier alpha value is -2.41. The van der Waals surface area contributed by atoms with Gasteiger partial charge in [0.05, 0.1) is 6.61 Å². The summed E-state index contributed by atoms with van der Waals surface area (Å²) in [5.74, 6) is -15.7. The summed E-state index contributed by atoms with van der Waals surface area (Å²) in [5, 5.41) is -5.97. The second-order valence-electron chi connectivity index (χ2n) is 6.37. The normalized spacial score (nSPS) is 15.2. The van der Waals surface area contributed by atoms with E-state index in [2.05, 4.69) is 27.4 Å². The molecule has 8 nitrogen and oxygen atoms in total. The van der Waals surface area contributed by atoms with Crippen LogP contribution in [-0.2, 0) is 33.9 Å². The van der Waals surface area contributed by atoms with Gasteiger partial charge >= 0.3 is 51.4 Å². The molecular formula is C16H16F10O8S. The molecule has 204 valence electrons. The van der Waals surface area contributed by atoms with Gasteiger partial charge < -0.3 is 14.2 Å². The van der Waals surface area contributed by atoms with E-state index in [9.17, 15) is 61.9 Å². The molecule has 35 heavy (non-hydrogen) atoms. The van der Waals surface area contributed by atoms with Crippen LogP contribution in [0.25, 0.3) is 0 Å². The van der Waals surface area contributed by atoms with Gasteiger partial charge in [0.25, 0.3) is 0 Å². The van der Waals surface area contributed by atoms with Crippen LogP contribution in [0.15, 0.2) is 24.8 Å². The zero-order valence-electron chi connectivity index (χ0n) is 17.0. The summed E-state index contributed by atoms with van der Waals surface area (Å²) in [5.41, 5.74) is -2.50. The average Bonchev–Trinajstić information content (AvgIpc) is 2.67. The van der Waals surface area contributed by atoms with Gasteiger partial charge in [-0.3, -0.25) is 4.55 Å². The van der Waals surface area contributed by atoms with E-state index in [1.54, 1.807) is 0 Å². The van der Waals surface area contributed by atoms with Gasteiger partial charge in [-0.15, -0.1) is 0 Å². The molecule has 0 bridgehead atoms. The van der Waals surface area contributed by atoms with Crippen LogP contribution >= 0.6 is 0 Å². The molecule has 1 N–H and O–H groups in total. The number of carbonyl (C=O) groups excluding carboxylic acids is 2. The molecule has 0 saturated carbocycles. The van der Waals surface area contributed by atoms with Crippen molar-refractivity contribution in [3.8, 4) is 0 Å². The average molecular weight is 558 g/mol. The van der Waals surface area contributed by atoms with Crippen LogP contribution in [0.5, 0.6) is 0 Å². The number of ether oxygens (including phenoxy) is 3. The van der Waals surface area contributed by atoms with Gasteiger partial charge in [0, 0.05) is 6.42 Å². The van der Waals surface area contributed by atoms with Crippen LogP contribution in [0.3, 0.4) is 0 Å². The summed E-state index contributed by atoms with van der Waals surface area (Å²) < 4.78 is 172. The van der Waals surface area contributed by atoms with E-state index in [1.807, 2.05) is 0 Å². The summed E-state index contributed by atoms with van der Waals surface area (Å²) in [6.45, 7) is 2.63. The van der Waals surface area contributed by atoms with E-state index in [4.69, 9.17) is 4.55 Å². The molecule has 0 aliphatic carbocycles. The number of carbonyl (C=O) groups is 2. The van der Waals surface area contributed by atoms with E-state index in [-0.39, 0.29) is 0 Å². The molecule has 0 heterocycles. The van der Waals surface area contributed by atoms with Crippen LogP contribution in [-0.4, -0.2) is 67.4 Å². The van der Waals surface area contributed by atoms with E-state index in [0.717, 1.165) is 0 Å². The van der Waals surface area contributed by atoms with Crippen molar-refractivity contribution in [1.82, 2.24) is 0 Å². The molecule has 0 aliphatic heterocycles. The molecule has 0 fully saturated rings. The highest BCUT2D eigenvalue weighted by Gasteiger charge is 2.68. The molecule has 19 heteroatoms. The lowest BCUT2D eigenvalue weighted by Crippen LogP contribution is -2.58. The monoisotopic (exact) mass is 558 g/mol. The fourth-order valence-electron chi connectivity index (χ4n) is 1.92. The predicted octanol–water partition coefficient (Wildman–Crippen LogP) is 3.94. The first kappa shape index (κ1) is 32.6. The van der Waals surface area contributed by atoms with Gasteiger partial charge in [-0.1, -0.05) is 19.2 Å². The first-order valence-corrected chi connectivity index (χ1v) is 10.1. The minimum atomic E-state index is -6.59. The molecule has 0 amide bonds. The molecular weight excluding hydrogens is 542 g/mol. The number of hydrogen-bond acceptors (Lipinski definition) is 7. The largest absolute Gasteiger partial charge is 0.468 e. The molecule has 0 saturated heterocycles. The molecule has 1 atom stereocenters. The van der Waals surface area contributed by atoms with Gasteiger partial charge in [0.15, 0.2) is 0 Å². The van der Waals surface area contributed by atoms with E-state index in [0.29, 0.717) is 6.08 Å². The summed E-state index contributed by atoms with van der Waals surface area (Å²) in [6, 6.07) is 0. The first-order valence-electron chi connectivity index (χ1n) is 8.69. The maximum absolute atomic E-state index is 13.6. The van der Waals surface area contributed by atoms with Gasteiger partial charge in [-0.2, -0.15) is 52.3 Å². The fourth-order valence-corrected chi connectivity index (χ4v) is 2.40. The standard InChI is InChI=1S/C16H16F10O8S/c1-3-7-32-11(28)13(15(22,23)24,34-10(27)9(2)14(19,20)21)33-8-5-4-6-12(17,18)16(25,26)35(29,30)31/h3H,1-2,4-8H2,(H,29,30,31). The van der Waals surface area contributed by atoms with Crippen molar-refractivity contribution >= 4 is 22.1 Å². The number of hydrogen-bond donors (Lipinski definition) is 1. The zero-order valence-corrected chi connectivity index (χ0v) is 17.8. The SMILES string of the molecule is C=CCOC(=O)C(OCCCCC(F)(F)C(F)(F)S(=O)(=O)O)(OC(=O)C(=C)C(F)(F)F)C(F)(F)F. The van der Waals surface area contributed by atoms with Gasteiger partial charge in [0.2, 0.25) is 0 Å². The lowest BCUT2D eigenvalue weighted by Gasteiger charge is -2.32. The van der Waals surface area contributed by atoms with Crippen molar-refractivity contribution in [2.45, 2.75) is 48.6 Å².